The summed E-state index contributed by atoms with van der Waals surface area (Å²) in [5.41, 5.74) is 0. The number of ether oxygens (including phenoxy) is 1. The monoisotopic (exact) mass is 1150 g/mol. The molecule has 0 aliphatic heterocycles. The highest BCUT2D eigenvalue weighted by molar-refractivity contribution is 5.76. The molecule has 82 heavy (non-hydrogen) atoms. The van der Waals surface area contributed by atoms with Gasteiger partial charge in [-0.2, -0.15) is 0 Å². The van der Waals surface area contributed by atoms with Gasteiger partial charge in [0.1, 0.15) is 0 Å². The van der Waals surface area contributed by atoms with E-state index in [4.69, 9.17) is 4.74 Å². The lowest BCUT2D eigenvalue weighted by Crippen LogP contribution is -2.45. The molecule has 0 saturated heterocycles. The molecule has 0 heterocycles. The third kappa shape index (κ3) is 67.2. The molecule has 0 spiro atoms. The Kier molecular flexibility index (Phi) is 69.9. The van der Waals surface area contributed by atoms with Crippen molar-refractivity contribution in [1.82, 2.24) is 5.32 Å². The van der Waals surface area contributed by atoms with E-state index in [1.807, 2.05) is 6.08 Å². The predicted molar refractivity (Wildman–Crippen MR) is 361 cm³/mol. The topological polar surface area (TPSA) is 95.9 Å². The number of nitrogens with one attached hydrogen (secondary N) is 1. The van der Waals surface area contributed by atoms with E-state index in [0.29, 0.717) is 19.4 Å². The maximum absolute atomic E-state index is 12.5. The normalized spacial score (nSPS) is 12.7. The van der Waals surface area contributed by atoms with E-state index in [9.17, 15) is 19.8 Å². The molecule has 0 bridgehead atoms. The third-order valence-corrected chi connectivity index (χ3v) is 17.4. The molecule has 0 aromatic rings. The highest BCUT2D eigenvalue weighted by Gasteiger charge is 2.18. The van der Waals surface area contributed by atoms with Gasteiger partial charge in [0, 0.05) is 12.8 Å². The summed E-state index contributed by atoms with van der Waals surface area (Å²) in [7, 11) is 0. The van der Waals surface area contributed by atoms with Crippen LogP contribution in [0.25, 0.3) is 0 Å². The van der Waals surface area contributed by atoms with Crippen LogP contribution in [0.2, 0.25) is 0 Å². The van der Waals surface area contributed by atoms with Crippen molar-refractivity contribution >= 4 is 11.9 Å². The number of aliphatic hydroxyl groups excluding tert-OH is 2. The van der Waals surface area contributed by atoms with E-state index in [1.165, 1.54) is 334 Å². The molecule has 6 nitrogen and oxygen atoms in total. The van der Waals surface area contributed by atoms with Crippen molar-refractivity contribution < 1.29 is 24.5 Å². The fourth-order valence-corrected chi connectivity index (χ4v) is 11.7. The maximum atomic E-state index is 12.5. The van der Waals surface area contributed by atoms with Gasteiger partial charge in [0.2, 0.25) is 5.91 Å². The number of carbonyl (C=O) groups excluding carboxylic acids is 2. The molecular weight excluding hydrogens is 1010 g/mol. The van der Waals surface area contributed by atoms with Crippen LogP contribution < -0.4 is 5.32 Å². The minimum atomic E-state index is -0.840. The Bertz CT molecular complexity index is 1330. The first-order valence-corrected chi connectivity index (χ1v) is 37.3. The number of esters is 1. The molecule has 484 valence electrons. The Morgan fingerprint density at radius 3 is 0.939 bits per heavy atom. The molecule has 0 aromatic carbocycles. The van der Waals surface area contributed by atoms with E-state index < -0.39 is 12.1 Å². The van der Waals surface area contributed by atoms with Crippen LogP contribution in [-0.2, 0) is 14.3 Å². The summed E-state index contributed by atoms with van der Waals surface area (Å²) in [6.07, 6.45) is 92.5. The van der Waals surface area contributed by atoms with Crippen LogP contribution in [0.5, 0.6) is 0 Å². The summed E-state index contributed by atoms with van der Waals surface area (Å²) in [5.74, 6) is -0.0514. The van der Waals surface area contributed by atoms with Crippen molar-refractivity contribution in [2.24, 2.45) is 0 Å². The predicted octanol–water partition coefficient (Wildman–Crippen LogP) is 24.3. The molecule has 3 N–H and O–H groups in total. The summed E-state index contributed by atoms with van der Waals surface area (Å²) >= 11 is 0. The lowest BCUT2D eigenvalue weighted by atomic mass is 10.0. The first-order valence-electron chi connectivity index (χ1n) is 37.3. The Balaban J connectivity index is 3.31. The molecule has 0 fully saturated rings. The second-order valence-corrected chi connectivity index (χ2v) is 25.6. The number of carbonyl (C=O) groups is 2. The first kappa shape index (κ1) is 80.1. The minimum absolute atomic E-state index is 0.00925. The number of hydrogen-bond donors (Lipinski definition) is 3. The summed E-state index contributed by atoms with van der Waals surface area (Å²) in [4.78, 5) is 24.6. The Morgan fingerprint density at radius 1 is 0.341 bits per heavy atom. The minimum Gasteiger partial charge on any atom is -0.466 e. The van der Waals surface area contributed by atoms with E-state index in [0.717, 1.165) is 51.4 Å². The molecule has 0 aliphatic carbocycles. The molecule has 2 atom stereocenters. The van der Waals surface area contributed by atoms with Crippen LogP contribution in [0.1, 0.15) is 412 Å². The lowest BCUT2D eigenvalue weighted by molar-refractivity contribution is -0.143. The van der Waals surface area contributed by atoms with Gasteiger partial charge < -0.3 is 20.3 Å². The number of unbranched alkanes of at least 4 members (excludes halogenated alkanes) is 55. The van der Waals surface area contributed by atoms with Gasteiger partial charge in [0.05, 0.1) is 25.4 Å². The average Bonchev–Trinajstić information content (AvgIpc) is 3.48. The molecule has 0 aliphatic rings. The molecule has 0 radical (unpaired) electrons. The summed E-state index contributed by atoms with van der Waals surface area (Å²) in [5, 5.41) is 23.2. The smallest absolute Gasteiger partial charge is 0.305 e. The summed E-state index contributed by atoms with van der Waals surface area (Å²) in [6, 6.07) is -0.623. The van der Waals surface area contributed by atoms with Gasteiger partial charge in [-0.15, -0.1) is 0 Å². The second-order valence-electron chi connectivity index (χ2n) is 25.6. The SMILES string of the molecule is CCCCCC/C=C\C/C=C\CCCCCCCC(=O)OCCCCCCCCCCCCCCCCCCCCCCCCCCCCCCCCCCCCCC(=O)NC(CO)C(O)/C=C/CCCCCCCCCCCCCC. The van der Waals surface area contributed by atoms with Crippen LogP contribution >= 0.6 is 0 Å². The molecular formula is C76H145NO5. The zero-order valence-electron chi connectivity index (χ0n) is 55.5. The van der Waals surface area contributed by atoms with E-state index in [-0.39, 0.29) is 18.5 Å². The fraction of sp³-hybridized carbons (Fsp3) is 0.895. The van der Waals surface area contributed by atoms with Crippen molar-refractivity contribution in [2.45, 2.75) is 424 Å². The van der Waals surface area contributed by atoms with E-state index in [2.05, 4.69) is 43.5 Å². The average molecular weight is 1150 g/mol. The van der Waals surface area contributed by atoms with Crippen LogP contribution in [0.4, 0.5) is 0 Å². The quantitative estimate of drug-likeness (QED) is 0.0320. The molecule has 0 rings (SSSR count). The Hall–Kier alpha value is -1.92. The van der Waals surface area contributed by atoms with Crippen LogP contribution in [-0.4, -0.2) is 47.4 Å². The molecule has 0 aromatic heterocycles. The zero-order valence-corrected chi connectivity index (χ0v) is 55.5. The number of allylic oxidation sites excluding steroid dienone is 5. The van der Waals surface area contributed by atoms with Crippen LogP contribution in [0.3, 0.4) is 0 Å². The van der Waals surface area contributed by atoms with Gasteiger partial charge in [-0.05, 0) is 64.2 Å². The number of aliphatic hydroxyl groups is 2. The Morgan fingerprint density at radius 2 is 0.610 bits per heavy atom. The van der Waals surface area contributed by atoms with Gasteiger partial charge in [-0.3, -0.25) is 9.59 Å². The zero-order chi connectivity index (χ0) is 59.2. The maximum Gasteiger partial charge on any atom is 0.305 e. The number of hydrogen-bond acceptors (Lipinski definition) is 5. The number of amides is 1. The van der Waals surface area contributed by atoms with Gasteiger partial charge in [-0.25, -0.2) is 0 Å². The Labute approximate surface area is 513 Å². The lowest BCUT2D eigenvalue weighted by Gasteiger charge is -2.20. The van der Waals surface area contributed by atoms with Gasteiger partial charge in [-0.1, -0.05) is 371 Å². The van der Waals surface area contributed by atoms with Gasteiger partial charge in [0.25, 0.3) is 0 Å². The summed E-state index contributed by atoms with van der Waals surface area (Å²) in [6.45, 7) is 4.91. The van der Waals surface area contributed by atoms with Gasteiger partial charge >= 0.3 is 5.97 Å². The molecule has 6 heteroatoms. The van der Waals surface area contributed by atoms with Gasteiger partial charge in [0.15, 0.2) is 0 Å². The van der Waals surface area contributed by atoms with Crippen molar-refractivity contribution in [1.29, 1.82) is 0 Å². The largest absolute Gasteiger partial charge is 0.466 e. The summed E-state index contributed by atoms with van der Waals surface area (Å²) < 4.78 is 5.50. The van der Waals surface area contributed by atoms with E-state index in [1.54, 1.807) is 6.08 Å². The molecule has 0 saturated carbocycles. The second kappa shape index (κ2) is 71.6. The molecule has 2 unspecified atom stereocenters. The highest BCUT2D eigenvalue weighted by atomic mass is 16.5. The standard InChI is InChI=1S/C76H145NO5/c1-3-5-7-9-11-13-15-17-19-42-46-50-54-58-62-66-70-76(81)82-71-67-63-59-55-51-47-43-40-38-36-34-32-30-28-26-24-22-20-21-23-25-27-29-31-33-35-37-39-41-45-49-53-57-61-65-69-75(80)77-73(72-78)74(79)68-64-60-56-52-48-44-18-16-14-12-10-8-6-4-2/h13,15,19,42,64,68,73-74,78-79H,3-12,14,16-18,20-41,43-63,65-67,69-72H2,1-2H3,(H,77,80)/b15-13-,42-19-,68-64+. The van der Waals surface area contributed by atoms with Crippen molar-refractivity contribution in [2.75, 3.05) is 13.2 Å². The molecule has 1 amide bonds. The highest BCUT2D eigenvalue weighted by Crippen LogP contribution is 2.19. The van der Waals surface area contributed by atoms with E-state index >= 15 is 0 Å². The van der Waals surface area contributed by atoms with Crippen molar-refractivity contribution in [3.05, 3.63) is 36.5 Å². The van der Waals surface area contributed by atoms with Crippen LogP contribution in [0, 0.1) is 0 Å². The van der Waals surface area contributed by atoms with Crippen molar-refractivity contribution in [3.63, 3.8) is 0 Å². The first-order chi connectivity index (χ1) is 40.5. The van der Waals surface area contributed by atoms with Crippen LogP contribution in [0.15, 0.2) is 36.5 Å². The van der Waals surface area contributed by atoms with Crippen molar-refractivity contribution in [3.8, 4) is 0 Å². The fourth-order valence-electron chi connectivity index (χ4n) is 11.7. The number of rotatable bonds is 70. The third-order valence-electron chi connectivity index (χ3n) is 17.4.